The van der Waals surface area contributed by atoms with E-state index in [1.54, 1.807) is 17.2 Å². The van der Waals surface area contributed by atoms with E-state index in [2.05, 4.69) is 12.0 Å². The molecule has 1 atom stereocenters. The van der Waals surface area contributed by atoms with Crippen molar-refractivity contribution in [1.29, 1.82) is 0 Å². The maximum atomic E-state index is 11.9. The van der Waals surface area contributed by atoms with Crippen LogP contribution in [-0.4, -0.2) is 46.3 Å². The molecule has 6 nitrogen and oxygen atoms in total. The van der Waals surface area contributed by atoms with Crippen LogP contribution in [0.4, 0.5) is 4.79 Å². The summed E-state index contributed by atoms with van der Waals surface area (Å²) in [7, 11) is 0. The largest absolute Gasteiger partial charge is 0.449 e. The smallest absolute Gasteiger partial charge is 0.409 e. The first-order chi connectivity index (χ1) is 10.6. The SMILES string of the molecule is CCCCOC(=O)N1CCC(n2cc(/C=C/C(C)=O)cn2)C1. The van der Waals surface area contributed by atoms with Crippen molar-refractivity contribution in [1.82, 2.24) is 14.7 Å². The lowest BCUT2D eigenvalue weighted by Gasteiger charge is -2.16. The Morgan fingerprint density at radius 2 is 2.32 bits per heavy atom. The first-order valence-electron chi connectivity index (χ1n) is 7.74. The predicted octanol–water partition coefficient (Wildman–Crippen LogP) is 2.67. The van der Waals surface area contributed by atoms with Gasteiger partial charge in [-0.25, -0.2) is 4.79 Å². The Hall–Kier alpha value is -2.11. The molecule has 1 saturated heterocycles. The van der Waals surface area contributed by atoms with Crippen LogP contribution in [0.3, 0.4) is 0 Å². The molecular weight excluding hydrogens is 282 g/mol. The zero-order chi connectivity index (χ0) is 15.9. The third-order valence-electron chi connectivity index (χ3n) is 3.65. The highest BCUT2D eigenvalue weighted by Gasteiger charge is 2.28. The molecule has 1 unspecified atom stereocenters. The second-order valence-electron chi connectivity index (χ2n) is 5.55. The van der Waals surface area contributed by atoms with E-state index in [1.807, 2.05) is 10.9 Å². The van der Waals surface area contributed by atoms with E-state index in [1.165, 1.54) is 13.0 Å². The molecule has 1 aromatic heterocycles. The molecule has 1 aliphatic rings. The molecule has 0 saturated carbocycles. The van der Waals surface area contributed by atoms with Crippen LogP contribution >= 0.6 is 0 Å². The van der Waals surface area contributed by atoms with Gasteiger partial charge in [-0.15, -0.1) is 0 Å². The van der Waals surface area contributed by atoms with E-state index < -0.39 is 0 Å². The molecule has 2 heterocycles. The number of allylic oxidation sites excluding steroid dienone is 1. The summed E-state index contributed by atoms with van der Waals surface area (Å²) < 4.78 is 7.09. The van der Waals surface area contributed by atoms with Gasteiger partial charge in [0.25, 0.3) is 0 Å². The Morgan fingerprint density at radius 1 is 1.50 bits per heavy atom. The molecule has 22 heavy (non-hydrogen) atoms. The third-order valence-corrected chi connectivity index (χ3v) is 3.65. The van der Waals surface area contributed by atoms with Crippen molar-refractivity contribution in [3.8, 4) is 0 Å². The number of ether oxygens (including phenoxy) is 1. The summed E-state index contributed by atoms with van der Waals surface area (Å²) in [4.78, 5) is 24.6. The lowest BCUT2D eigenvalue weighted by Crippen LogP contribution is -2.30. The summed E-state index contributed by atoms with van der Waals surface area (Å²) in [6.07, 6.45) is 9.43. The summed E-state index contributed by atoms with van der Waals surface area (Å²) in [5, 5.41) is 4.32. The number of rotatable bonds is 6. The van der Waals surface area contributed by atoms with E-state index >= 15 is 0 Å². The van der Waals surface area contributed by atoms with Crippen LogP contribution in [0.1, 0.15) is 44.7 Å². The van der Waals surface area contributed by atoms with E-state index in [4.69, 9.17) is 4.74 Å². The monoisotopic (exact) mass is 305 g/mol. The van der Waals surface area contributed by atoms with Gasteiger partial charge in [-0.1, -0.05) is 13.3 Å². The molecular formula is C16H23N3O3. The zero-order valence-electron chi connectivity index (χ0n) is 13.2. The molecule has 120 valence electrons. The van der Waals surface area contributed by atoms with Gasteiger partial charge in [0.1, 0.15) is 0 Å². The number of hydrogen-bond donors (Lipinski definition) is 0. The molecule has 0 bridgehead atoms. The van der Waals surface area contributed by atoms with Crippen molar-refractivity contribution in [2.45, 2.75) is 39.2 Å². The van der Waals surface area contributed by atoms with Crippen molar-refractivity contribution >= 4 is 18.0 Å². The first kappa shape index (κ1) is 16.3. The Kier molecular flexibility index (Phi) is 5.75. The van der Waals surface area contributed by atoms with Crippen molar-refractivity contribution < 1.29 is 14.3 Å². The summed E-state index contributed by atoms with van der Waals surface area (Å²) >= 11 is 0. The van der Waals surface area contributed by atoms with Gasteiger partial charge in [-0.05, 0) is 31.9 Å². The molecule has 0 N–H and O–H groups in total. The summed E-state index contributed by atoms with van der Waals surface area (Å²) in [6.45, 7) is 5.37. The first-order valence-corrected chi connectivity index (χ1v) is 7.74. The topological polar surface area (TPSA) is 64.4 Å². The van der Waals surface area contributed by atoms with E-state index in [-0.39, 0.29) is 17.9 Å². The van der Waals surface area contributed by atoms with E-state index in [0.717, 1.165) is 24.8 Å². The highest BCUT2D eigenvalue weighted by molar-refractivity contribution is 5.91. The standard InChI is InChI=1S/C16H23N3O3/c1-3-4-9-22-16(21)18-8-7-15(12-18)19-11-14(10-17-19)6-5-13(2)20/h5-6,10-11,15H,3-4,7-9,12H2,1-2H3/b6-5+. The number of amides is 1. The zero-order valence-corrected chi connectivity index (χ0v) is 13.2. The van der Waals surface area contributed by atoms with Crippen molar-refractivity contribution in [2.75, 3.05) is 19.7 Å². The van der Waals surface area contributed by atoms with Gasteiger partial charge in [0.05, 0.1) is 18.8 Å². The summed E-state index contributed by atoms with van der Waals surface area (Å²) in [5.41, 5.74) is 0.888. The van der Waals surface area contributed by atoms with Crippen molar-refractivity contribution in [3.63, 3.8) is 0 Å². The lowest BCUT2D eigenvalue weighted by molar-refractivity contribution is -0.112. The molecule has 0 spiro atoms. The second-order valence-corrected chi connectivity index (χ2v) is 5.55. The quantitative estimate of drug-likeness (QED) is 0.599. The molecule has 0 aliphatic carbocycles. The number of nitrogens with zero attached hydrogens (tertiary/aromatic N) is 3. The molecule has 1 fully saturated rings. The average Bonchev–Trinajstić information content (AvgIpc) is 3.14. The summed E-state index contributed by atoms with van der Waals surface area (Å²) in [5.74, 6) is 0.00890. The van der Waals surface area contributed by atoms with Crippen LogP contribution in [0.5, 0.6) is 0 Å². The van der Waals surface area contributed by atoms with Gasteiger partial charge in [-0.2, -0.15) is 5.10 Å². The fraction of sp³-hybridized carbons (Fsp3) is 0.562. The Labute approximate surface area is 130 Å². The highest BCUT2D eigenvalue weighted by atomic mass is 16.6. The number of likely N-dealkylation sites (tertiary alicyclic amines) is 1. The highest BCUT2D eigenvalue weighted by Crippen LogP contribution is 2.22. The van der Waals surface area contributed by atoms with Crippen LogP contribution < -0.4 is 0 Å². The molecule has 1 amide bonds. The van der Waals surface area contributed by atoms with Gasteiger partial charge >= 0.3 is 6.09 Å². The average molecular weight is 305 g/mol. The van der Waals surface area contributed by atoms with Crippen LogP contribution in [0.2, 0.25) is 0 Å². The Morgan fingerprint density at radius 3 is 3.05 bits per heavy atom. The Balaban J connectivity index is 1.87. The minimum atomic E-state index is -0.236. The predicted molar refractivity (Wildman–Crippen MR) is 83.4 cm³/mol. The Bertz CT molecular complexity index is 551. The van der Waals surface area contributed by atoms with Crippen LogP contribution in [-0.2, 0) is 9.53 Å². The molecule has 1 aromatic rings. The van der Waals surface area contributed by atoms with Crippen molar-refractivity contribution in [3.05, 3.63) is 24.0 Å². The van der Waals surface area contributed by atoms with Gasteiger partial charge < -0.3 is 9.64 Å². The molecule has 6 heteroatoms. The number of carbonyl (C=O) groups excluding carboxylic acids is 2. The van der Waals surface area contributed by atoms with E-state index in [9.17, 15) is 9.59 Å². The minimum absolute atomic E-state index is 0.00890. The molecule has 0 radical (unpaired) electrons. The number of ketones is 1. The van der Waals surface area contributed by atoms with Gasteiger partial charge in [-0.3, -0.25) is 9.48 Å². The van der Waals surface area contributed by atoms with Gasteiger partial charge in [0, 0.05) is 24.8 Å². The maximum absolute atomic E-state index is 11.9. The minimum Gasteiger partial charge on any atom is -0.449 e. The number of unbranched alkanes of at least 4 members (excludes halogenated alkanes) is 1. The number of aromatic nitrogens is 2. The molecule has 1 aliphatic heterocycles. The van der Waals surface area contributed by atoms with Crippen LogP contribution in [0, 0.1) is 0 Å². The number of hydrogen-bond acceptors (Lipinski definition) is 4. The van der Waals surface area contributed by atoms with Crippen LogP contribution in [0.25, 0.3) is 6.08 Å². The second kappa shape index (κ2) is 7.77. The fourth-order valence-corrected chi connectivity index (χ4v) is 2.37. The lowest BCUT2D eigenvalue weighted by atomic mass is 10.2. The van der Waals surface area contributed by atoms with Crippen LogP contribution in [0.15, 0.2) is 18.5 Å². The maximum Gasteiger partial charge on any atom is 0.409 e. The van der Waals surface area contributed by atoms with Gasteiger partial charge in [0.2, 0.25) is 0 Å². The number of carbonyl (C=O) groups is 2. The molecule has 2 rings (SSSR count). The third kappa shape index (κ3) is 4.44. The summed E-state index contributed by atoms with van der Waals surface area (Å²) in [6, 6.07) is 0.165. The molecule has 0 aromatic carbocycles. The van der Waals surface area contributed by atoms with E-state index in [0.29, 0.717) is 19.7 Å². The van der Waals surface area contributed by atoms with Crippen molar-refractivity contribution in [2.24, 2.45) is 0 Å². The van der Waals surface area contributed by atoms with Gasteiger partial charge in [0.15, 0.2) is 5.78 Å². The normalized spacial score (nSPS) is 18.1. The fourth-order valence-electron chi connectivity index (χ4n) is 2.37.